The number of carboxylic acid groups (broad SMARTS) is 1. The Morgan fingerprint density at radius 1 is 1.12 bits per heavy atom. The average molecular weight is 489 g/mol. The molecule has 0 saturated carbocycles. The number of benzene rings is 2. The quantitative estimate of drug-likeness (QED) is 0.444. The smallest absolute Gasteiger partial charge is 0.417 e. The number of nitrogens with zero attached hydrogens (tertiary/aromatic N) is 2. The van der Waals surface area contributed by atoms with Crippen LogP contribution in [0.4, 0.5) is 19.0 Å². The van der Waals surface area contributed by atoms with Crippen molar-refractivity contribution in [1.82, 2.24) is 4.98 Å². The van der Waals surface area contributed by atoms with Crippen LogP contribution in [0.25, 0.3) is 11.1 Å². The topological polar surface area (TPSA) is 62.7 Å². The molecule has 0 radical (unpaired) electrons. The van der Waals surface area contributed by atoms with Gasteiger partial charge in [0.15, 0.2) is 0 Å². The van der Waals surface area contributed by atoms with Gasteiger partial charge in [-0.1, -0.05) is 30.0 Å². The number of rotatable bonds is 6. The van der Waals surface area contributed by atoms with Crippen molar-refractivity contribution >= 4 is 23.5 Å². The molecule has 3 aromatic rings. The van der Waals surface area contributed by atoms with Crippen LogP contribution in [0.3, 0.4) is 0 Å². The molecule has 1 N–H and O–H groups in total. The van der Waals surface area contributed by atoms with Gasteiger partial charge in [-0.05, 0) is 60.4 Å². The summed E-state index contributed by atoms with van der Waals surface area (Å²) in [6, 6.07) is 14.6. The molecule has 1 saturated heterocycles. The zero-order chi connectivity index (χ0) is 24.3. The van der Waals surface area contributed by atoms with Crippen LogP contribution in [0, 0.1) is 5.92 Å². The summed E-state index contributed by atoms with van der Waals surface area (Å²) in [5.41, 5.74) is 0.261. The molecule has 1 atom stereocenters. The lowest BCUT2D eigenvalue weighted by Gasteiger charge is -2.31. The molecule has 1 fully saturated rings. The highest BCUT2D eigenvalue weighted by molar-refractivity contribution is 7.99. The normalized spacial score (nSPS) is 16.4. The van der Waals surface area contributed by atoms with Crippen LogP contribution in [0.5, 0.6) is 5.75 Å². The molecule has 178 valence electrons. The van der Waals surface area contributed by atoms with E-state index in [0.29, 0.717) is 47.1 Å². The van der Waals surface area contributed by atoms with Crippen molar-refractivity contribution in [2.24, 2.45) is 5.92 Å². The van der Waals surface area contributed by atoms with Gasteiger partial charge in [0, 0.05) is 24.2 Å². The van der Waals surface area contributed by atoms with Crippen LogP contribution < -0.4 is 9.64 Å². The van der Waals surface area contributed by atoms with E-state index in [2.05, 4.69) is 4.98 Å². The predicted molar refractivity (Wildman–Crippen MR) is 124 cm³/mol. The summed E-state index contributed by atoms with van der Waals surface area (Å²) in [5.74, 6) is -0.268. The van der Waals surface area contributed by atoms with Gasteiger partial charge in [0.1, 0.15) is 11.6 Å². The molecule has 4 rings (SSSR count). The minimum Gasteiger partial charge on any atom is -0.496 e. The lowest BCUT2D eigenvalue weighted by Crippen LogP contribution is -2.39. The number of pyridine rings is 1. The van der Waals surface area contributed by atoms with E-state index in [-0.39, 0.29) is 4.90 Å². The van der Waals surface area contributed by atoms with Gasteiger partial charge in [0.2, 0.25) is 0 Å². The van der Waals surface area contributed by atoms with Gasteiger partial charge < -0.3 is 14.7 Å². The number of alkyl halides is 3. The number of aromatic nitrogens is 1. The number of anilines is 1. The Balaban J connectivity index is 1.66. The Morgan fingerprint density at radius 2 is 1.88 bits per heavy atom. The fraction of sp³-hybridized carbons (Fsp3) is 0.280. The monoisotopic (exact) mass is 488 g/mol. The van der Waals surface area contributed by atoms with E-state index in [0.717, 1.165) is 24.2 Å². The number of ether oxygens (including phenoxy) is 1. The molecule has 0 spiro atoms. The molecule has 0 amide bonds. The molecule has 0 aliphatic carbocycles. The molecule has 2 heterocycles. The number of aliphatic carboxylic acids is 1. The molecule has 1 aliphatic rings. The fourth-order valence-electron chi connectivity index (χ4n) is 4.00. The lowest BCUT2D eigenvalue weighted by atomic mass is 9.98. The summed E-state index contributed by atoms with van der Waals surface area (Å²) in [6.45, 7) is 0.983. The van der Waals surface area contributed by atoms with Crippen LogP contribution in [0.1, 0.15) is 18.4 Å². The maximum Gasteiger partial charge on any atom is 0.417 e. The maximum absolute atomic E-state index is 14.0. The maximum atomic E-state index is 14.0. The number of piperidine rings is 1. The molecule has 0 bridgehead atoms. The van der Waals surface area contributed by atoms with E-state index in [1.165, 1.54) is 13.2 Å². The van der Waals surface area contributed by atoms with Crippen molar-refractivity contribution < 1.29 is 27.8 Å². The number of hydrogen-bond acceptors (Lipinski definition) is 5. The van der Waals surface area contributed by atoms with E-state index in [1.54, 1.807) is 48.7 Å². The summed E-state index contributed by atoms with van der Waals surface area (Å²) in [6.07, 6.45) is -1.68. The minimum atomic E-state index is -4.54. The molecule has 1 aromatic heterocycles. The van der Waals surface area contributed by atoms with E-state index < -0.39 is 23.6 Å². The Kier molecular flexibility index (Phi) is 7.02. The summed E-state index contributed by atoms with van der Waals surface area (Å²) < 4.78 is 47.3. The first kappa shape index (κ1) is 23.9. The van der Waals surface area contributed by atoms with Gasteiger partial charge in [-0.15, -0.1) is 0 Å². The Morgan fingerprint density at radius 3 is 2.62 bits per heavy atom. The average Bonchev–Trinajstić information content (AvgIpc) is 2.84. The van der Waals surface area contributed by atoms with Crippen LogP contribution in [-0.2, 0) is 11.0 Å². The Labute approximate surface area is 199 Å². The lowest BCUT2D eigenvalue weighted by molar-refractivity contribution is -0.142. The van der Waals surface area contributed by atoms with Crippen molar-refractivity contribution in [3.05, 3.63) is 66.4 Å². The molecule has 34 heavy (non-hydrogen) atoms. The minimum absolute atomic E-state index is 0.0790. The van der Waals surface area contributed by atoms with Crippen molar-refractivity contribution in [1.29, 1.82) is 0 Å². The van der Waals surface area contributed by atoms with Gasteiger partial charge >= 0.3 is 12.1 Å². The highest BCUT2D eigenvalue weighted by Gasteiger charge is 2.34. The number of para-hydroxylation sites is 1. The second-order valence-corrected chi connectivity index (χ2v) is 9.07. The van der Waals surface area contributed by atoms with Crippen LogP contribution in [0.15, 0.2) is 70.6 Å². The molecule has 9 heteroatoms. The first-order valence-electron chi connectivity index (χ1n) is 10.7. The van der Waals surface area contributed by atoms with Gasteiger partial charge in [0.05, 0.1) is 23.5 Å². The molecular formula is C25H23F3N2O3S. The highest BCUT2D eigenvalue weighted by Crippen LogP contribution is 2.43. The third-order valence-electron chi connectivity index (χ3n) is 5.75. The Hall–Kier alpha value is -3.20. The molecular weight excluding hydrogens is 465 g/mol. The molecule has 2 aromatic carbocycles. The summed E-state index contributed by atoms with van der Waals surface area (Å²) in [4.78, 5) is 18.3. The number of methoxy groups -OCH3 is 1. The third kappa shape index (κ3) is 5.30. The number of carboxylic acids is 1. The first-order chi connectivity index (χ1) is 16.3. The van der Waals surface area contributed by atoms with Crippen molar-refractivity contribution in [3.8, 4) is 16.9 Å². The predicted octanol–water partition coefficient (Wildman–Crippen LogP) is 6.23. The van der Waals surface area contributed by atoms with Crippen molar-refractivity contribution in [2.45, 2.75) is 28.8 Å². The summed E-state index contributed by atoms with van der Waals surface area (Å²) in [7, 11) is 1.48. The van der Waals surface area contributed by atoms with E-state index in [4.69, 9.17) is 4.74 Å². The van der Waals surface area contributed by atoms with Crippen LogP contribution >= 0.6 is 11.8 Å². The highest BCUT2D eigenvalue weighted by atomic mass is 32.2. The summed E-state index contributed by atoms with van der Waals surface area (Å²) in [5, 5.41) is 9.34. The molecule has 5 nitrogen and oxygen atoms in total. The number of hydrogen-bond donors (Lipinski definition) is 1. The van der Waals surface area contributed by atoms with Gasteiger partial charge in [0.25, 0.3) is 0 Å². The fourth-order valence-corrected chi connectivity index (χ4v) is 5.06. The third-order valence-corrected chi connectivity index (χ3v) is 6.88. The zero-order valence-corrected chi connectivity index (χ0v) is 19.2. The van der Waals surface area contributed by atoms with Crippen LogP contribution in [0.2, 0.25) is 0 Å². The van der Waals surface area contributed by atoms with E-state index in [1.807, 2.05) is 4.90 Å². The van der Waals surface area contributed by atoms with Gasteiger partial charge in [-0.2, -0.15) is 13.2 Å². The number of carbonyl (C=O) groups is 1. The van der Waals surface area contributed by atoms with Gasteiger partial charge in [-0.3, -0.25) is 4.79 Å². The van der Waals surface area contributed by atoms with E-state index in [9.17, 15) is 23.1 Å². The van der Waals surface area contributed by atoms with Crippen molar-refractivity contribution in [3.63, 3.8) is 0 Å². The number of halogens is 3. The Bertz CT molecular complexity index is 1190. The molecule has 1 aliphatic heterocycles. The van der Waals surface area contributed by atoms with Crippen LogP contribution in [-0.4, -0.2) is 36.3 Å². The largest absolute Gasteiger partial charge is 0.496 e. The second-order valence-electron chi connectivity index (χ2n) is 7.99. The molecule has 0 unspecified atom stereocenters. The second kappa shape index (κ2) is 9.97. The SMILES string of the molecule is COc1ccccc1Sc1ccc(-c2ccnc(N3CCC[C@H](C(=O)O)C3)c2)cc1C(F)(F)F. The summed E-state index contributed by atoms with van der Waals surface area (Å²) >= 11 is 1.00. The zero-order valence-electron chi connectivity index (χ0n) is 18.4. The van der Waals surface area contributed by atoms with Crippen molar-refractivity contribution in [2.75, 3.05) is 25.1 Å². The van der Waals surface area contributed by atoms with Gasteiger partial charge in [-0.25, -0.2) is 4.98 Å². The van der Waals surface area contributed by atoms with E-state index >= 15 is 0 Å². The standard InChI is InChI=1S/C25H23F3N2O3S/c1-33-20-6-2-3-7-22(20)34-21-9-8-16(13-19(21)25(26,27)28)17-10-11-29-23(14-17)30-12-4-5-18(15-30)24(31)32/h2-3,6-11,13-14,18H,4-5,12,15H2,1H3,(H,31,32)/t18-/m0/s1. The first-order valence-corrected chi connectivity index (χ1v) is 11.5.